The lowest BCUT2D eigenvalue weighted by molar-refractivity contribution is -0.168. The summed E-state index contributed by atoms with van der Waals surface area (Å²) >= 11 is 0. The number of alkyl halides is 4. The summed E-state index contributed by atoms with van der Waals surface area (Å²) in [5.41, 5.74) is 0.577. The van der Waals surface area contributed by atoms with Crippen LogP contribution in [0.25, 0.3) is 0 Å². The van der Waals surface area contributed by atoms with Gasteiger partial charge in [0.05, 0.1) is 19.4 Å². The lowest BCUT2D eigenvalue weighted by Gasteiger charge is -2.15. The van der Waals surface area contributed by atoms with Gasteiger partial charge in [0.15, 0.2) is 0 Å². The lowest BCUT2D eigenvalue weighted by Crippen LogP contribution is -2.32. The van der Waals surface area contributed by atoms with Crippen LogP contribution >= 0.6 is 0 Å². The molecule has 0 radical (unpaired) electrons. The van der Waals surface area contributed by atoms with Crippen LogP contribution in [-0.4, -0.2) is 25.5 Å². The molecule has 0 amide bonds. The zero-order valence-corrected chi connectivity index (χ0v) is 10.6. The van der Waals surface area contributed by atoms with Gasteiger partial charge >= 0.3 is 12.3 Å². The molecule has 0 fully saturated rings. The Hall–Kier alpha value is -1.08. The highest BCUT2D eigenvalue weighted by Gasteiger charge is 2.40. The molecule has 7 heteroatoms. The van der Waals surface area contributed by atoms with Gasteiger partial charge in [-0.2, -0.15) is 8.78 Å². The topological polar surface area (TPSA) is 34.4 Å². The summed E-state index contributed by atoms with van der Waals surface area (Å²) in [5.74, 6) is -3.56. The minimum atomic E-state index is -4.12. The zero-order valence-electron chi connectivity index (χ0n) is 10.6. The van der Waals surface area contributed by atoms with E-state index in [1.54, 1.807) is 6.07 Å². The van der Waals surface area contributed by atoms with Crippen molar-refractivity contribution in [1.29, 1.82) is 0 Å². The molecule has 0 aromatic carbocycles. The van der Waals surface area contributed by atoms with E-state index < -0.39 is 19.0 Å². The smallest absolute Gasteiger partial charge is 0.330 e. The molecule has 0 unspecified atom stereocenters. The highest BCUT2D eigenvalue weighted by Crippen LogP contribution is 2.23. The standard InChI is InChI=1S/C12H17F4NO2/c1-2-4-17-6-10-9(3-5-19-10)7-18-8-12(15,16)11(13)14/h3,5,11,17H,2,4,6-8H2,1H3. The largest absolute Gasteiger partial charge is 0.468 e. The van der Waals surface area contributed by atoms with Crippen molar-refractivity contribution in [3.8, 4) is 0 Å². The Morgan fingerprint density at radius 1 is 1.42 bits per heavy atom. The van der Waals surface area contributed by atoms with Gasteiger partial charge in [0.1, 0.15) is 12.4 Å². The molecule has 0 aliphatic heterocycles. The third-order valence-corrected chi connectivity index (χ3v) is 2.42. The first kappa shape index (κ1) is 16.0. The van der Waals surface area contributed by atoms with Crippen LogP contribution in [0, 0.1) is 0 Å². The summed E-state index contributed by atoms with van der Waals surface area (Å²) < 4.78 is 58.8. The van der Waals surface area contributed by atoms with Crippen LogP contribution in [-0.2, 0) is 17.9 Å². The predicted molar refractivity (Wildman–Crippen MR) is 61.3 cm³/mol. The van der Waals surface area contributed by atoms with E-state index in [4.69, 9.17) is 4.42 Å². The molecule has 0 saturated carbocycles. The maximum Gasteiger partial charge on any atom is 0.330 e. The van der Waals surface area contributed by atoms with E-state index in [0.29, 0.717) is 17.9 Å². The molecule has 1 aromatic heterocycles. The third kappa shape index (κ3) is 5.20. The fourth-order valence-electron chi connectivity index (χ4n) is 1.39. The Kier molecular flexibility index (Phi) is 6.30. The first-order chi connectivity index (χ1) is 8.97. The highest BCUT2D eigenvalue weighted by molar-refractivity contribution is 5.15. The summed E-state index contributed by atoms with van der Waals surface area (Å²) in [5, 5.41) is 3.09. The van der Waals surface area contributed by atoms with E-state index in [9.17, 15) is 17.6 Å². The second-order valence-electron chi connectivity index (χ2n) is 4.10. The SMILES string of the molecule is CCCNCc1occc1COCC(F)(F)C(F)F. The van der Waals surface area contributed by atoms with Gasteiger partial charge in [-0.3, -0.25) is 0 Å². The van der Waals surface area contributed by atoms with Crippen molar-refractivity contribution in [2.45, 2.75) is 38.8 Å². The molecule has 0 saturated heterocycles. The molecular formula is C12H17F4NO2. The van der Waals surface area contributed by atoms with E-state index in [-0.39, 0.29) is 6.61 Å². The van der Waals surface area contributed by atoms with E-state index in [0.717, 1.165) is 13.0 Å². The minimum absolute atomic E-state index is 0.179. The summed E-state index contributed by atoms with van der Waals surface area (Å²) in [6, 6.07) is 1.57. The second-order valence-corrected chi connectivity index (χ2v) is 4.10. The maximum absolute atomic E-state index is 12.6. The molecule has 1 heterocycles. The van der Waals surface area contributed by atoms with Gasteiger partial charge in [0.2, 0.25) is 0 Å². The fourth-order valence-corrected chi connectivity index (χ4v) is 1.39. The van der Waals surface area contributed by atoms with Gasteiger partial charge in [0.25, 0.3) is 0 Å². The summed E-state index contributed by atoms with van der Waals surface area (Å²) in [6.45, 7) is 1.76. The molecule has 0 aliphatic rings. The second kappa shape index (κ2) is 7.49. The van der Waals surface area contributed by atoms with Gasteiger partial charge in [0, 0.05) is 5.56 Å². The number of rotatable bonds is 9. The van der Waals surface area contributed by atoms with Crippen LogP contribution in [0.5, 0.6) is 0 Å². The number of furan rings is 1. The first-order valence-corrected chi connectivity index (χ1v) is 5.97. The number of halogens is 4. The molecule has 1 rings (SSSR count). The van der Waals surface area contributed by atoms with E-state index in [1.807, 2.05) is 6.92 Å². The Labute approximate surface area is 108 Å². The molecule has 19 heavy (non-hydrogen) atoms. The number of hydrogen-bond acceptors (Lipinski definition) is 3. The normalized spacial score (nSPS) is 12.3. The Morgan fingerprint density at radius 3 is 2.79 bits per heavy atom. The van der Waals surface area contributed by atoms with Crippen LogP contribution in [0.4, 0.5) is 17.6 Å². The summed E-state index contributed by atoms with van der Waals surface area (Å²) in [4.78, 5) is 0. The summed E-state index contributed by atoms with van der Waals surface area (Å²) in [6.07, 6.45) is -1.36. The van der Waals surface area contributed by atoms with Gasteiger partial charge in [-0.25, -0.2) is 8.78 Å². The molecule has 1 N–H and O–H groups in total. The zero-order chi connectivity index (χ0) is 14.3. The van der Waals surface area contributed by atoms with Crippen molar-refractivity contribution in [2.24, 2.45) is 0 Å². The van der Waals surface area contributed by atoms with Crippen molar-refractivity contribution in [3.63, 3.8) is 0 Å². The van der Waals surface area contributed by atoms with Crippen LogP contribution in [0.2, 0.25) is 0 Å². The van der Waals surface area contributed by atoms with Crippen LogP contribution < -0.4 is 5.32 Å². The Morgan fingerprint density at radius 2 is 2.16 bits per heavy atom. The molecule has 110 valence electrons. The maximum atomic E-state index is 12.6. The quantitative estimate of drug-likeness (QED) is 0.558. The monoisotopic (exact) mass is 283 g/mol. The van der Waals surface area contributed by atoms with Crippen LogP contribution in [0.1, 0.15) is 24.7 Å². The van der Waals surface area contributed by atoms with Crippen molar-refractivity contribution >= 4 is 0 Å². The first-order valence-electron chi connectivity index (χ1n) is 5.97. The van der Waals surface area contributed by atoms with E-state index in [1.165, 1.54) is 6.26 Å². The van der Waals surface area contributed by atoms with Crippen molar-refractivity contribution < 1.29 is 26.7 Å². The van der Waals surface area contributed by atoms with Crippen molar-refractivity contribution in [1.82, 2.24) is 5.32 Å². The van der Waals surface area contributed by atoms with Gasteiger partial charge in [-0.1, -0.05) is 6.92 Å². The number of ether oxygens (including phenoxy) is 1. The minimum Gasteiger partial charge on any atom is -0.468 e. The van der Waals surface area contributed by atoms with E-state index >= 15 is 0 Å². The molecule has 0 atom stereocenters. The fraction of sp³-hybridized carbons (Fsp3) is 0.667. The Bertz CT molecular complexity index is 368. The Balaban J connectivity index is 2.39. The van der Waals surface area contributed by atoms with Gasteiger partial charge in [-0.15, -0.1) is 0 Å². The van der Waals surface area contributed by atoms with Gasteiger partial charge in [-0.05, 0) is 19.0 Å². The molecule has 0 aliphatic carbocycles. The third-order valence-electron chi connectivity index (χ3n) is 2.42. The average molecular weight is 283 g/mol. The average Bonchev–Trinajstić information content (AvgIpc) is 2.77. The van der Waals surface area contributed by atoms with E-state index in [2.05, 4.69) is 10.1 Å². The van der Waals surface area contributed by atoms with Crippen molar-refractivity contribution in [3.05, 3.63) is 23.7 Å². The van der Waals surface area contributed by atoms with Crippen LogP contribution in [0.3, 0.4) is 0 Å². The molecule has 0 spiro atoms. The highest BCUT2D eigenvalue weighted by atomic mass is 19.3. The number of hydrogen-bond donors (Lipinski definition) is 1. The van der Waals surface area contributed by atoms with Gasteiger partial charge < -0.3 is 14.5 Å². The summed E-state index contributed by atoms with van der Waals surface area (Å²) in [7, 11) is 0. The van der Waals surface area contributed by atoms with Crippen molar-refractivity contribution in [2.75, 3.05) is 13.2 Å². The number of nitrogens with one attached hydrogen (secondary N) is 1. The van der Waals surface area contributed by atoms with Crippen LogP contribution in [0.15, 0.2) is 16.7 Å². The molecular weight excluding hydrogens is 266 g/mol. The lowest BCUT2D eigenvalue weighted by atomic mass is 10.2. The predicted octanol–water partition coefficient (Wildman–Crippen LogP) is 3.20. The molecule has 0 bridgehead atoms. The molecule has 3 nitrogen and oxygen atoms in total. The molecule has 1 aromatic rings.